The van der Waals surface area contributed by atoms with Crippen molar-refractivity contribution < 1.29 is 41.4 Å². The van der Waals surface area contributed by atoms with E-state index in [4.69, 9.17) is 0 Å². The number of alkyl halides is 3. The average molecular weight is 337 g/mol. The van der Waals surface area contributed by atoms with Crippen molar-refractivity contribution in [1.82, 2.24) is 0 Å². The molecule has 0 saturated heterocycles. The summed E-state index contributed by atoms with van der Waals surface area (Å²) in [6.45, 7) is 0. The lowest BCUT2D eigenvalue weighted by Gasteiger charge is -2.12. The SMILES string of the molecule is COC(=O)/C=C(/Nc1ccc(OC(F)(F)F)cc1F)C(=O)OC. The number of halogens is 4. The Hall–Kier alpha value is -2.78. The molecule has 0 spiro atoms. The monoisotopic (exact) mass is 337 g/mol. The topological polar surface area (TPSA) is 73.9 Å². The van der Waals surface area contributed by atoms with Crippen molar-refractivity contribution in [3.8, 4) is 5.75 Å². The highest BCUT2D eigenvalue weighted by Gasteiger charge is 2.31. The van der Waals surface area contributed by atoms with Gasteiger partial charge in [0, 0.05) is 6.07 Å². The molecule has 0 fully saturated rings. The van der Waals surface area contributed by atoms with Gasteiger partial charge in [0.05, 0.1) is 26.0 Å². The molecule has 1 N–H and O–H groups in total. The van der Waals surface area contributed by atoms with Crippen LogP contribution in [0.1, 0.15) is 0 Å². The smallest absolute Gasteiger partial charge is 0.466 e. The van der Waals surface area contributed by atoms with Crippen molar-refractivity contribution in [2.24, 2.45) is 0 Å². The minimum Gasteiger partial charge on any atom is -0.466 e. The Morgan fingerprint density at radius 1 is 1.17 bits per heavy atom. The molecule has 0 amide bonds. The number of benzene rings is 1. The fourth-order valence-corrected chi connectivity index (χ4v) is 1.37. The predicted octanol–water partition coefficient (Wildman–Crippen LogP) is 2.37. The van der Waals surface area contributed by atoms with Gasteiger partial charge in [-0.2, -0.15) is 0 Å². The van der Waals surface area contributed by atoms with E-state index in [0.29, 0.717) is 12.1 Å². The van der Waals surface area contributed by atoms with Crippen molar-refractivity contribution in [2.75, 3.05) is 19.5 Å². The molecule has 0 aliphatic rings. The van der Waals surface area contributed by atoms with Gasteiger partial charge in [0.15, 0.2) is 0 Å². The summed E-state index contributed by atoms with van der Waals surface area (Å²) in [6.07, 6.45) is -4.27. The lowest BCUT2D eigenvalue weighted by molar-refractivity contribution is -0.274. The van der Waals surface area contributed by atoms with Gasteiger partial charge in [-0.1, -0.05) is 0 Å². The zero-order valence-corrected chi connectivity index (χ0v) is 11.9. The highest BCUT2D eigenvalue weighted by Crippen LogP contribution is 2.27. The number of rotatable bonds is 5. The number of ether oxygens (including phenoxy) is 3. The summed E-state index contributed by atoms with van der Waals surface area (Å²) in [6, 6.07) is 2.18. The van der Waals surface area contributed by atoms with Gasteiger partial charge < -0.3 is 19.5 Å². The fourth-order valence-electron chi connectivity index (χ4n) is 1.37. The molecule has 0 aliphatic heterocycles. The summed E-state index contributed by atoms with van der Waals surface area (Å²) in [5.74, 6) is -3.86. The molecule has 1 aromatic carbocycles. The molecular formula is C13H11F4NO5. The molecule has 126 valence electrons. The third-order valence-electron chi connectivity index (χ3n) is 2.31. The Balaban J connectivity index is 3.03. The molecule has 10 heteroatoms. The van der Waals surface area contributed by atoms with E-state index < -0.39 is 35.6 Å². The molecule has 0 heterocycles. The van der Waals surface area contributed by atoms with Gasteiger partial charge in [0.1, 0.15) is 17.3 Å². The largest absolute Gasteiger partial charge is 0.573 e. The van der Waals surface area contributed by atoms with Crippen LogP contribution in [-0.4, -0.2) is 32.5 Å². The number of anilines is 1. The van der Waals surface area contributed by atoms with Crippen LogP contribution in [0.3, 0.4) is 0 Å². The van der Waals surface area contributed by atoms with Crippen LogP contribution in [0.2, 0.25) is 0 Å². The normalized spacial score (nSPS) is 11.7. The Labute approximate surface area is 127 Å². The van der Waals surface area contributed by atoms with Crippen LogP contribution >= 0.6 is 0 Å². The molecule has 0 radical (unpaired) electrons. The number of carbonyl (C=O) groups is 2. The van der Waals surface area contributed by atoms with Crippen LogP contribution in [0.25, 0.3) is 0 Å². The molecule has 23 heavy (non-hydrogen) atoms. The minimum atomic E-state index is -4.97. The van der Waals surface area contributed by atoms with E-state index in [1.54, 1.807) is 0 Å². The minimum absolute atomic E-state index is 0.375. The summed E-state index contributed by atoms with van der Waals surface area (Å²) in [5, 5.41) is 2.23. The van der Waals surface area contributed by atoms with E-state index >= 15 is 0 Å². The van der Waals surface area contributed by atoms with Crippen LogP contribution in [0.5, 0.6) is 5.75 Å². The first-order valence-corrected chi connectivity index (χ1v) is 5.86. The Bertz CT molecular complexity index is 627. The van der Waals surface area contributed by atoms with Crippen molar-refractivity contribution in [3.05, 3.63) is 35.8 Å². The molecule has 0 bridgehead atoms. The number of esters is 2. The van der Waals surface area contributed by atoms with Crippen LogP contribution in [0.4, 0.5) is 23.2 Å². The third kappa shape index (κ3) is 5.85. The van der Waals surface area contributed by atoms with E-state index in [1.807, 2.05) is 0 Å². The van der Waals surface area contributed by atoms with Gasteiger partial charge in [-0.15, -0.1) is 13.2 Å². The molecular weight excluding hydrogens is 326 g/mol. The molecule has 0 aromatic heterocycles. The summed E-state index contributed by atoms with van der Waals surface area (Å²) in [7, 11) is 2.07. The maximum Gasteiger partial charge on any atom is 0.573 e. The van der Waals surface area contributed by atoms with Gasteiger partial charge in [-0.25, -0.2) is 14.0 Å². The van der Waals surface area contributed by atoms with E-state index in [0.717, 1.165) is 26.4 Å². The van der Waals surface area contributed by atoms with E-state index in [1.165, 1.54) is 0 Å². The fraction of sp³-hybridized carbons (Fsp3) is 0.231. The van der Waals surface area contributed by atoms with Gasteiger partial charge in [0.2, 0.25) is 0 Å². The number of nitrogens with one attached hydrogen (secondary N) is 1. The highest BCUT2D eigenvalue weighted by atomic mass is 19.4. The second-order valence-electron chi connectivity index (χ2n) is 3.89. The van der Waals surface area contributed by atoms with Gasteiger partial charge in [-0.3, -0.25) is 0 Å². The Kier molecular flexibility index (Phi) is 5.94. The zero-order chi connectivity index (χ0) is 17.6. The standard InChI is InChI=1S/C13H11F4NO5/c1-21-11(19)6-10(12(20)22-2)18-9-4-3-7(5-8(9)14)23-13(15,16)17/h3-6,18H,1-2H3/b10-6+. The molecule has 1 rings (SSSR count). The van der Waals surface area contributed by atoms with Gasteiger partial charge in [-0.05, 0) is 12.1 Å². The summed E-state index contributed by atoms with van der Waals surface area (Å²) in [5.41, 5.74) is -0.845. The van der Waals surface area contributed by atoms with Crippen LogP contribution in [0.15, 0.2) is 30.0 Å². The van der Waals surface area contributed by atoms with E-state index in [9.17, 15) is 27.2 Å². The number of hydrogen-bond acceptors (Lipinski definition) is 6. The molecule has 0 aliphatic carbocycles. The summed E-state index contributed by atoms with van der Waals surface area (Å²) in [4.78, 5) is 22.6. The van der Waals surface area contributed by atoms with Crippen molar-refractivity contribution in [3.63, 3.8) is 0 Å². The first-order chi connectivity index (χ1) is 10.7. The second kappa shape index (κ2) is 7.47. The molecule has 0 atom stereocenters. The zero-order valence-electron chi connectivity index (χ0n) is 11.9. The van der Waals surface area contributed by atoms with Crippen molar-refractivity contribution >= 4 is 17.6 Å². The maximum absolute atomic E-state index is 13.8. The Morgan fingerprint density at radius 3 is 2.30 bits per heavy atom. The Morgan fingerprint density at radius 2 is 1.83 bits per heavy atom. The van der Waals surface area contributed by atoms with E-state index in [2.05, 4.69) is 19.5 Å². The molecule has 1 aromatic rings. The molecule has 6 nitrogen and oxygen atoms in total. The first kappa shape index (κ1) is 18.3. The second-order valence-corrected chi connectivity index (χ2v) is 3.89. The number of hydrogen-bond donors (Lipinski definition) is 1. The van der Waals surface area contributed by atoms with Crippen LogP contribution in [0, 0.1) is 5.82 Å². The quantitative estimate of drug-likeness (QED) is 0.505. The van der Waals surface area contributed by atoms with Gasteiger partial charge in [0.25, 0.3) is 0 Å². The molecule has 0 saturated carbocycles. The van der Waals surface area contributed by atoms with Crippen molar-refractivity contribution in [1.29, 1.82) is 0 Å². The summed E-state index contributed by atoms with van der Waals surface area (Å²) < 4.78 is 62.1. The van der Waals surface area contributed by atoms with Gasteiger partial charge >= 0.3 is 18.3 Å². The third-order valence-corrected chi connectivity index (χ3v) is 2.31. The van der Waals surface area contributed by atoms with E-state index in [-0.39, 0.29) is 5.69 Å². The molecule has 0 unspecified atom stereocenters. The predicted molar refractivity (Wildman–Crippen MR) is 68.8 cm³/mol. The lowest BCUT2D eigenvalue weighted by Crippen LogP contribution is -2.18. The average Bonchev–Trinajstić information content (AvgIpc) is 2.46. The first-order valence-electron chi connectivity index (χ1n) is 5.86. The summed E-state index contributed by atoms with van der Waals surface area (Å²) >= 11 is 0. The lowest BCUT2D eigenvalue weighted by atomic mass is 10.2. The van der Waals surface area contributed by atoms with Crippen LogP contribution in [-0.2, 0) is 19.1 Å². The maximum atomic E-state index is 13.8. The highest BCUT2D eigenvalue weighted by molar-refractivity contribution is 5.98. The van der Waals surface area contributed by atoms with Crippen LogP contribution < -0.4 is 10.1 Å². The number of carbonyl (C=O) groups excluding carboxylic acids is 2. The van der Waals surface area contributed by atoms with Crippen molar-refractivity contribution in [2.45, 2.75) is 6.36 Å². The number of methoxy groups -OCH3 is 2.